The Morgan fingerprint density at radius 3 is 1.06 bits per heavy atom. The summed E-state index contributed by atoms with van der Waals surface area (Å²) < 4.78 is 9.46. The molecule has 0 atom stereocenters. The largest absolute Gasteiger partial charge is 0.309 e. The van der Waals surface area contributed by atoms with Crippen molar-refractivity contribution in [3.63, 3.8) is 0 Å². The zero-order chi connectivity index (χ0) is 44.2. The van der Waals surface area contributed by atoms with Crippen LogP contribution in [0.2, 0.25) is 0 Å². The zero-order valence-corrected chi connectivity index (χ0v) is 36.4. The molecule has 6 heteroatoms. The Hall–Kier alpha value is -8.84. The molecule has 4 aromatic heterocycles. The molecule has 66 heavy (non-hydrogen) atoms. The predicted octanol–water partition coefficient (Wildman–Crippen LogP) is 14.9. The fourth-order valence-corrected chi connectivity index (χ4v) is 11.4. The SMILES string of the molecule is CCc1c(C#N)c(-n2c3ccccc3c3ccc4c(c5ccccc5n4-c4ccccc4)c32)c(CC)c(-n2c3ccccc3c3ccc4c(c5ccccc5n4-c4ccccc4)c32)c1C#N. The van der Waals surface area contributed by atoms with Gasteiger partial charge in [0.15, 0.2) is 0 Å². The fraction of sp³-hybridized carbons (Fsp3) is 0.0667. The summed E-state index contributed by atoms with van der Waals surface area (Å²) in [5.74, 6) is 0. The molecule has 0 radical (unpaired) electrons. The molecule has 13 rings (SSSR count). The van der Waals surface area contributed by atoms with Gasteiger partial charge in [0.2, 0.25) is 0 Å². The molecule has 0 unspecified atom stereocenters. The lowest BCUT2D eigenvalue weighted by molar-refractivity contribution is 0.987. The Balaban J connectivity index is 1.26. The van der Waals surface area contributed by atoms with Gasteiger partial charge in [0.05, 0.1) is 66.6 Å². The van der Waals surface area contributed by atoms with Crippen LogP contribution >= 0.6 is 0 Å². The van der Waals surface area contributed by atoms with Gasteiger partial charge in [-0.15, -0.1) is 0 Å². The Labute approximate surface area is 380 Å². The normalized spacial score (nSPS) is 11.9. The molecule has 6 nitrogen and oxygen atoms in total. The van der Waals surface area contributed by atoms with E-state index in [-0.39, 0.29) is 0 Å². The number of para-hydroxylation sites is 6. The molecule has 0 saturated heterocycles. The van der Waals surface area contributed by atoms with Gasteiger partial charge in [-0.2, -0.15) is 10.5 Å². The van der Waals surface area contributed by atoms with Crippen molar-refractivity contribution in [1.82, 2.24) is 18.3 Å². The zero-order valence-electron chi connectivity index (χ0n) is 36.4. The summed E-state index contributed by atoms with van der Waals surface area (Å²) in [6, 6.07) is 70.1. The first kappa shape index (κ1) is 37.7. The third kappa shape index (κ3) is 4.93. The van der Waals surface area contributed by atoms with Crippen molar-refractivity contribution in [2.75, 3.05) is 0 Å². The van der Waals surface area contributed by atoms with Gasteiger partial charge in [-0.1, -0.05) is 135 Å². The maximum absolute atomic E-state index is 11.6. The lowest BCUT2D eigenvalue weighted by Gasteiger charge is -2.24. The van der Waals surface area contributed by atoms with Crippen LogP contribution in [0.3, 0.4) is 0 Å². The lowest BCUT2D eigenvalue weighted by Crippen LogP contribution is -2.14. The Kier molecular flexibility index (Phi) is 8.19. The first-order valence-electron chi connectivity index (χ1n) is 22.7. The highest BCUT2D eigenvalue weighted by Crippen LogP contribution is 2.48. The molecule has 0 saturated carbocycles. The van der Waals surface area contributed by atoms with Crippen molar-refractivity contribution in [1.29, 1.82) is 10.5 Å². The number of fused-ring (bicyclic) bond motifs is 14. The van der Waals surface area contributed by atoms with E-state index in [9.17, 15) is 10.5 Å². The molecule has 13 aromatic rings. The second kappa shape index (κ2) is 14.3. The highest BCUT2D eigenvalue weighted by Gasteiger charge is 2.31. The average molecular weight is 845 g/mol. The van der Waals surface area contributed by atoms with Crippen LogP contribution in [-0.4, -0.2) is 18.3 Å². The Morgan fingerprint density at radius 1 is 0.333 bits per heavy atom. The number of rotatable bonds is 6. The summed E-state index contributed by atoms with van der Waals surface area (Å²) in [6.07, 6.45) is 1.05. The van der Waals surface area contributed by atoms with Crippen LogP contribution in [0.4, 0.5) is 0 Å². The van der Waals surface area contributed by atoms with Crippen LogP contribution in [0.1, 0.15) is 36.1 Å². The third-order valence-corrected chi connectivity index (χ3v) is 14.0. The second-order valence-corrected chi connectivity index (χ2v) is 17.1. The molecule has 0 amide bonds. The molecule has 310 valence electrons. The number of benzene rings is 9. The van der Waals surface area contributed by atoms with Gasteiger partial charge in [0.25, 0.3) is 0 Å². The van der Waals surface area contributed by atoms with Gasteiger partial charge in [-0.05, 0) is 79.1 Å². The van der Waals surface area contributed by atoms with E-state index in [1.165, 1.54) is 0 Å². The van der Waals surface area contributed by atoms with Crippen LogP contribution in [0.5, 0.6) is 0 Å². The molecular formula is C60H40N6. The van der Waals surface area contributed by atoms with Crippen molar-refractivity contribution in [2.24, 2.45) is 0 Å². The third-order valence-electron chi connectivity index (χ3n) is 14.0. The maximum atomic E-state index is 11.6. The molecule has 4 heterocycles. The van der Waals surface area contributed by atoms with E-state index in [0.29, 0.717) is 24.0 Å². The summed E-state index contributed by atoms with van der Waals surface area (Å²) in [5, 5.41) is 32.1. The molecule has 0 bridgehead atoms. The van der Waals surface area contributed by atoms with Crippen LogP contribution < -0.4 is 0 Å². The molecule has 0 fully saturated rings. The predicted molar refractivity (Wildman–Crippen MR) is 272 cm³/mol. The van der Waals surface area contributed by atoms with Crippen LogP contribution in [-0.2, 0) is 12.8 Å². The highest BCUT2D eigenvalue weighted by atomic mass is 15.1. The van der Waals surface area contributed by atoms with E-state index >= 15 is 0 Å². The van der Waals surface area contributed by atoms with Crippen LogP contribution in [0, 0.1) is 22.7 Å². The fourth-order valence-electron chi connectivity index (χ4n) is 11.4. The van der Waals surface area contributed by atoms with Gasteiger partial charge < -0.3 is 18.3 Å². The first-order chi connectivity index (χ1) is 32.7. The first-order valence-corrected chi connectivity index (χ1v) is 22.7. The van der Waals surface area contributed by atoms with Gasteiger partial charge >= 0.3 is 0 Å². The van der Waals surface area contributed by atoms with Gasteiger partial charge in [0.1, 0.15) is 12.1 Å². The Morgan fingerprint density at radius 2 is 0.682 bits per heavy atom. The van der Waals surface area contributed by atoms with E-state index in [2.05, 4.69) is 226 Å². The van der Waals surface area contributed by atoms with Crippen molar-refractivity contribution in [2.45, 2.75) is 26.7 Å². The minimum Gasteiger partial charge on any atom is -0.309 e. The van der Waals surface area contributed by atoms with E-state index in [4.69, 9.17) is 0 Å². The molecular weight excluding hydrogens is 805 g/mol. The molecule has 0 spiro atoms. The highest BCUT2D eigenvalue weighted by molar-refractivity contribution is 6.28. The number of aromatic nitrogens is 4. The standard InChI is InChI=1S/C60H40N6/c1-3-39-47(35-61)57(65-49-27-15-11-23-41(49)43-31-33-53-55(59(43)65)45-25-13-17-29-51(45)63(53)37-19-7-5-8-20-37)40(4-2)58(48(39)36-62)66-50-28-16-12-24-42(50)44-32-34-54-56(60(44)66)46-26-14-18-30-52(46)64(54)38-21-9-6-10-22-38/h5-34H,3-4H2,1-2H3. The van der Waals surface area contributed by atoms with Crippen LogP contribution in [0.15, 0.2) is 182 Å². The smallest absolute Gasteiger partial charge is 0.102 e. The quantitative estimate of drug-likeness (QED) is 0.167. The molecule has 9 aromatic carbocycles. The van der Waals surface area contributed by atoms with Gasteiger partial charge in [-0.3, -0.25) is 0 Å². The molecule has 0 aliphatic rings. The average Bonchev–Trinajstić information content (AvgIpc) is 4.10. The van der Waals surface area contributed by atoms with Crippen LogP contribution in [0.25, 0.3) is 110 Å². The number of nitriles is 2. The monoisotopic (exact) mass is 844 g/mol. The maximum Gasteiger partial charge on any atom is 0.102 e. The summed E-state index contributed by atoms with van der Waals surface area (Å²) in [6.45, 7) is 4.25. The topological polar surface area (TPSA) is 67.3 Å². The second-order valence-electron chi connectivity index (χ2n) is 17.1. The van der Waals surface area contributed by atoms with Crippen molar-refractivity contribution in [3.05, 3.63) is 204 Å². The van der Waals surface area contributed by atoms with Crippen molar-refractivity contribution >= 4 is 87.2 Å². The van der Waals surface area contributed by atoms with E-state index < -0.39 is 0 Å². The van der Waals surface area contributed by atoms with E-state index in [1.54, 1.807) is 0 Å². The number of nitrogens with zero attached hydrogens (tertiary/aromatic N) is 6. The Bertz CT molecular complexity index is 3990. The van der Waals surface area contributed by atoms with E-state index in [0.717, 1.165) is 121 Å². The molecule has 0 aliphatic carbocycles. The molecule has 0 N–H and O–H groups in total. The van der Waals surface area contributed by atoms with Crippen molar-refractivity contribution in [3.8, 4) is 34.9 Å². The minimum absolute atomic E-state index is 0.496. The van der Waals surface area contributed by atoms with Gasteiger partial charge in [-0.25, -0.2) is 0 Å². The lowest BCUT2D eigenvalue weighted by atomic mass is 9.90. The summed E-state index contributed by atoms with van der Waals surface area (Å²) in [5.41, 5.74) is 15.1. The number of hydrogen-bond acceptors (Lipinski definition) is 2. The number of hydrogen-bond donors (Lipinski definition) is 0. The minimum atomic E-state index is 0.496. The van der Waals surface area contributed by atoms with E-state index in [1.807, 2.05) is 0 Å². The molecule has 0 aliphatic heterocycles. The van der Waals surface area contributed by atoms with Crippen molar-refractivity contribution < 1.29 is 0 Å². The summed E-state index contributed by atoms with van der Waals surface area (Å²) in [4.78, 5) is 0. The van der Waals surface area contributed by atoms with Gasteiger partial charge in [0, 0.05) is 60.0 Å². The summed E-state index contributed by atoms with van der Waals surface area (Å²) >= 11 is 0. The summed E-state index contributed by atoms with van der Waals surface area (Å²) in [7, 11) is 0.